The zero-order valence-electron chi connectivity index (χ0n) is 17.9. The van der Waals surface area contributed by atoms with Crippen LogP contribution in [0.2, 0.25) is 0 Å². The maximum atomic E-state index is 12.8. The van der Waals surface area contributed by atoms with E-state index < -0.39 is 0 Å². The van der Waals surface area contributed by atoms with Gasteiger partial charge in [-0.3, -0.25) is 4.79 Å². The van der Waals surface area contributed by atoms with E-state index in [2.05, 4.69) is 30.7 Å². The van der Waals surface area contributed by atoms with Crippen molar-refractivity contribution in [1.82, 2.24) is 24.7 Å². The van der Waals surface area contributed by atoms with Gasteiger partial charge in [0.15, 0.2) is 5.65 Å². The highest BCUT2D eigenvalue weighted by atomic mass is 16.5. The number of pyridine rings is 1. The second kappa shape index (κ2) is 8.26. The number of nitrogens with zero attached hydrogens (tertiary/aromatic N) is 5. The number of nitrogens with one attached hydrogen (secondary N) is 2. The molecule has 0 fully saturated rings. The average Bonchev–Trinajstić information content (AvgIpc) is 3.19. The van der Waals surface area contributed by atoms with E-state index in [4.69, 9.17) is 4.74 Å². The van der Waals surface area contributed by atoms with Crippen molar-refractivity contribution in [2.45, 2.75) is 25.8 Å². The van der Waals surface area contributed by atoms with E-state index in [1.807, 2.05) is 44.3 Å². The first kappa shape index (κ1) is 19.9. The van der Waals surface area contributed by atoms with Gasteiger partial charge in [0, 0.05) is 24.5 Å². The van der Waals surface area contributed by atoms with E-state index in [0.29, 0.717) is 35.2 Å². The topological polar surface area (TPSA) is 107 Å². The van der Waals surface area contributed by atoms with Crippen LogP contribution >= 0.6 is 0 Å². The van der Waals surface area contributed by atoms with Crippen LogP contribution in [-0.2, 0) is 13.5 Å². The number of amides is 1. The van der Waals surface area contributed by atoms with Crippen molar-refractivity contribution >= 4 is 28.6 Å². The molecule has 2 N–H and O–H groups in total. The molecule has 0 aliphatic carbocycles. The number of ether oxygens (including phenoxy) is 1. The van der Waals surface area contributed by atoms with Crippen LogP contribution in [0, 0.1) is 0 Å². The Hall–Kier alpha value is -4.01. The second-order valence-electron chi connectivity index (χ2n) is 7.82. The average molecular weight is 429 g/mol. The largest absolute Gasteiger partial charge is 0.477 e. The van der Waals surface area contributed by atoms with Gasteiger partial charge in [-0.1, -0.05) is 12.1 Å². The van der Waals surface area contributed by atoms with Gasteiger partial charge in [0.2, 0.25) is 5.88 Å². The first-order valence-electron chi connectivity index (χ1n) is 10.5. The monoisotopic (exact) mass is 429 g/mol. The summed E-state index contributed by atoms with van der Waals surface area (Å²) < 4.78 is 7.22. The maximum absolute atomic E-state index is 12.8. The van der Waals surface area contributed by atoms with Crippen LogP contribution < -0.4 is 15.4 Å². The van der Waals surface area contributed by atoms with Gasteiger partial charge in [-0.25, -0.2) is 19.6 Å². The van der Waals surface area contributed by atoms with Crippen molar-refractivity contribution in [1.29, 1.82) is 0 Å². The fourth-order valence-corrected chi connectivity index (χ4v) is 3.74. The number of hydrogen-bond acceptors (Lipinski definition) is 7. The van der Waals surface area contributed by atoms with E-state index in [-0.39, 0.29) is 11.9 Å². The molecule has 0 unspecified atom stereocenters. The molecule has 0 spiro atoms. The molecule has 3 aromatic heterocycles. The summed E-state index contributed by atoms with van der Waals surface area (Å²) in [6, 6.07) is 9.54. The Labute approximate surface area is 184 Å². The first-order chi connectivity index (χ1) is 15.6. The lowest BCUT2D eigenvalue weighted by Gasteiger charge is -2.17. The molecular weight excluding hydrogens is 406 g/mol. The van der Waals surface area contributed by atoms with Gasteiger partial charge in [-0.2, -0.15) is 5.10 Å². The van der Waals surface area contributed by atoms with Crippen molar-refractivity contribution in [2.24, 2.45) is 7.05 Å². The summed E-state index contributed by atoms with van der Waals surface area (Å²) in [7, 11) is 1.83. The standard InChI is InChI=1S/C23H23N7O2/c1-14(27-20-13-24-19-12-26-30(2)21(19)29-20)15-5-3-7-18(10-15)28-22(31)17-9-16-6-4-8-32-23(16)25-11-17/h3,5,7,9-14H,4,6,8H2,1-2H3,(H,27,29)(H,28,31)/t14-/m0/s1. The van der Waals surface area contributed by atoms with Crippen molar-refractivity contribution in [3.63, 3.8) is 0 Å². The summed E-state index contributed by atoms with van der Waals surface area (Å²) in [6.45, 7) is 2.70. The fraction of sp³-hybridized carbons (Fsp3) is 0.261. The minimum absolute atomic E-state index is 0.0469. The van der Waals surface area contributed by atoms with E-state index >= 15 is 0 Å². The Bertz CT molecular complexity index is 1300. The van der Waals surface area contributed by atoms with Crippen molar-refractivity contribution in [2.75, 3.05) is 17.2 Å². The highest BCUT2D eigenvalue weighted by Gasteiger charge is 2.16. The van der Waals surface area contributed by atoms with Gasteiger partial charge in [-0.05, 0) is 43.5 Å². The van der Waals surface area contributed by atoms with Gasteiger partial charge >= 0.3 is 0 Å². The summed E-state index contributed by atoms with van der Waals surface area (Å²) >= 11 is 0. The second-order valence-corrected chi connectivity index (χ2v) is 7.82. The fourth-order valence-electron chi connectivity index (χ4n) is 3.74. The van der Waals surface area contributed by atoms with Crippen LogP contribution in [-0.4, -0.2) is 37.2 Å². The van der Waals surface area contributed by atoms with Crippen LogP contribution in [0.15, 0.2) is 48.9 Å². The SMILES string of the molecule is C[C@H](Nc1cnc2cnn(C)c2n1)c1cccc(NC(=O)c2cnc3c(c2)CCCO3)c1. The Morgan fingerprint density at radius 2 is 2.09 bits per heavy atom. The first-order valence-corrected chi connectivity index (χ1v) is 10.5. The number of aryl methyl sites for hydroxylation is 2. The Morgan fingerprint density at radius 3 is 3.00 bits per heavy atom. The lowest BCUT2D eigenvalue weighted by molar-refractivity contribution is 0.102. The molecule has 9 nitrogen and oxygen atoms in total. The Kier molecular flexibility index (Phi) is 5.14. The highest BCUT2D eigenvalue weighted by Crippen LogP contribution is 2.24. The van der Waals surface area contributed by atoms with E-state index in [0.717, 1.165) is 29.5 Å². The van der Waals surface area contributed by atoms with Crippen LogP contribution in [0.3, 0.4) is 0 Å². The van der Waals surface area contributed by atoms with Crippen LogP contribution in [0.4, 0.5) is 11.5 Å². The minimum Gasteiger partial charge on any atom is -0.477 e. The zero-order valence-corrected chi connectivity index (χ0v) is 17.9. The van der Waals surface area contributed by atoms with Crippen LogP contribution in [0.25, 0.3) is 11.2 Å². The lowest BCUT2D eigenvalue weighted by Crippen LogP contribution is -2.16. The lowest BCUT2D eigenvalue weighted by atomic mass is 10.1. The smallest absolute Gasteiger partial charge is 0.257 e. The summed E-state index contributed by atoms with van der Waals surface area (Å²) in [6.07, 6.45) is 6.74. The summed E-state index contributed by atoms with van der Waals surface area (Å²) in [4.78, 5) is 26.0. The third-order valence-corrected chi connectivity index (χ3v) is 5.47. The minimum atomic E-state index is -0.198. The van der Waals surface area contributed by atoms with E-state index in [9.17, 15) is 4.79 Å². The van der Waals surface area contributed by atoms with Crippen LogP contribution in [0.5, 0.6) is 5.88 Å². The molecule has 0 radical (unpaired) electrons. The zero-order chi connectivity index (χ0) is 22.1. The molecule has 9 heteroatoms. The molecule has 0 saturated heterocycles. The quantitative estimate of drug-likeness (QED) is 0.500. The van der Waals surface area contributed by atoms with Crippen molar-refractivity contribution in [3.8, 4) is 5.88 Å². The molecule has 1 aliphatic rings. The maximum Gasteiger partial charge on any atom is 0.257 e. The van der Waals surface area contributed by atoms with Crippen molar-refractivity contribution < 1.29 is 9.53 Å². The number of carbonyl (C=O) groups is 1. The predicted octanol–water partition coefficient (Wildman–Crippen LogP) is 3.51. The molecule has 1 atom stereocenters. The summed E-state index contributed by atoms with van der Waals surface area (Å²) in [5.41, 5.74) is 4.67. The number of fused-ring (bicyclic) bond motifs is 2. The third kappa shape index (κ3) is 3.96. The number of anilines is 2. The van der Waals surface area contributed by atoms with Gasteiger partial charge in [-0.15, -0.1) is 0 Å². The molecule has 0 saturated carbocycles. The predicted molar refractivity (Wildman–Crippen MR) is 121 cm³/mol. The molecule has 1 amide bonds. The molecule has 1 aliphatic heterocycles. The van der Waals surface area contributed by atoms with Gasteiger partial charge in [0.1, 0.15) is 11.3 Å². The number of hydrogen-bond donors (Lipinski definition) is 2. The molecule has 162 valence electrons. The van der Waals surface area contributed by atoms with E-state index in [1.165, 1.54) is 0 Å². The third-order valence-electron chi connectivity index (χ3n) is 5.47. The molecule has 1 aromatic carbocycles. The molecule has 32 heavy (non-hydrogen) atoms. The molecule has 5 rings (SSSR count). The van der Waals surface area contributed by atoms with Gasteiger partial charge in [0.25, 0.3) is 5.91 Å². The molecule has 4 aromatic rings. The summed E-state index contributed by atoms with van der Waals surface area (Å²) in [5.74, 6) is 1.09. The van der Waals surface area contributed by atoms with Gasteiger partial charge in [0.05, 0.1) is 30.6 Å². The number of aromatic nitrogens is 5. The van der Waals surface area contributed by atoms with Crippen molar-refractivity contribution in [3.05, 3.63) is 65.6 Å². The number of benzene rings is 1. The summed E-state index contributed by atoms with van der Waals surface area (Å²) in [5, 5.41) is 10.5. The van der Waals surface area contributed by atoms with Gasteiger partial charge < -0.3 is 15.4 Å². The van der Waals surface area contributed by atoms with E-state index in [1.54, 1.807) is 23.3 Å². The Morgan fingerprint density at radius 1 is 1.19 bits per heavy atom. The Balaban J connectivity index is 1.30. The molecule has 4 heterocycles. The normalized spacial score (nSPS) is 13.8. The highest BCUT2D eigenvalue weighted by molar-refractivity contribution is 6.04. The van der Waals surface area contributed by atoms with Crippen LogP contribution in [0.1, 0.15) is 40.9 Å². The molecular formula is C23H23N7O2. The number of rotatable bonds is 5. The number of carbonyl (C=O) groups excluding carboxylic acids is 1. The molecule has 0 bridgehead atoms.